The lowest BCUT2D eigenvalue weighted by molar-refractivity contribution is 0.112. The van der Waals surface area contributed by atoms with E-state index in [1.165, 1.54) is 12.8 Å². The smallest absolute Gasteiger partial charge is 0.152 e. The minimum absolute atomic E-state index is 0.601. The highest BCUT2D eigenvalue weighted by molar-refractivity contribution is 6.33. The van der Waals surface area contributed by atoms with Crippen LogP contribution in [0, 0.1) is 5.92 Å². The van der Waals surface area contributed by atoms with Gasteiger partial charge in [0.15, 0.2) is 6.29 Å². The molecule has 1 saturated carbocycles. The Bertz CT molecular complexity index is 418. The van der Waals surface area contributed by atoms with E-state index in [-0.39, 0.29) is 0 Å². The molecule has 0 bridgehead atoms. The number of halogens is 1. The molecule has 0 saturated heterocycles. The number of hydrogen-bond acceptors (Lipinski definition) is 3. The van der Waals surface area contributed by atoms with Gasteiger partial charge in [0.25, 0.3) is 0 Å². The summed E-state index contributed by atoms with van der Waals surface area (Å²) >= 11 is 6.13. The summed E-state index contributed by atoms with van der Waals surface area (Å²) in [6.45, 7) is 2.25. The molecule has 0 heterocycles. The van der Waals surface area contributed by atoms with Crippen LogP contribution in [-0.2, 0) is 4.74 Å². The Morgan fingerprint density at radius 3 is 2.94 bits per heavy atom. The lowest BCUT2D eigenvalue weighted by atomic mass is 10.2. The standard InChI is InChI=1S/C14H18ClNO2/c1-16(7-8-18-10-11-5-6-11)14-12(9-17)3-2-4-13(14)15/h2-4,9,11H,5-8,10H2,1H3. The second kappa shape index (κ2) is 6.21. The average molecular weight is 268 g/mol. The van der Waals surface area contributed by atoms with Gasteiger partial charge < -0.3 is 9.64 Å². The van der Waals surface area contributed by atoms with Gasteiger partial charge in [-0.25, -0.2) is 0 Å². The number of anilines is 1. The van der Waals surface area contributed by atoms with Gasteiger partial charge in [-0.2, -0.15) is 0 Å². The molecule has 4 heteroatoms. The van der Waals surface area contributed by atoms with Crippen molar-refractivity contribution in [3.05, 3.63) is 28.8 Å². The zero-order chi connectivity index (χ0) is 13.0. The van der Waals surface area contributed by atoms with E-state index < -0.39 is 0 Å². The molecule has 0 amide bonds. The molecule has 3 nitrogen and oxygen atoms in total. The van der Waals surface area contributed by atoms with Gasteiger partial charge in [-0.1, -0.05) is 17.7 Å². The first-order chi connectivity index (χ1) is 8.72. The molecule has 0 aromatic heterocycles. The van der Waals surface area contributed by atoms with Crippen LogP contribution in [0.25, 0.3) is 0 Å². The minimum Gasteiger partial charge on any atom is -0.379 e. The van der Waals surface area contributed by atoms with Crippen LogP contribution in [0.5, 0.6) is 0 Å². The van der Waals surface area contributed by atoms with Gasteiger partial charge in [0.05, 0.1) is 17.3 Å². The van der Waals surface area contributed by atoms with Crippen LogP contribution in [0.15, 0.2) is 18.2 Å². The van der Waals surface area contributed by atoms with Crippen molar-refractivity contribution in [3.63, 3.8) is 0 Å². The fraction of sp³-hybridized carbons (Fsp3) is 0.500. The minimum atomic E-state index is 0.601. The Morgan fingerprint density at radius 2 is 2.28 bits per heavy atom. The lowest BCUT2D eigenvalue weighted by Gasteiger charge is -2.22. The molecule has 0 spiro atoms. The topological polar surface area (TPSA) is 29.5 Å². The molecule has 1 aromatic rings. The third kappa shape index (κ3) is 3.47. The molecular formula is C14H18ClNO2. The summed E-state index contributed by atoms with van der Waals surface area (Å²) in [5.41, 5.74) is 1.40. The van der Waals surface area contributed by atoms with Gasteiger partial charge in [0, 0.05) is 25.8 Å². The van der Waals surface area contributed by atoms with Crippen LogP contribution in [-0.4, -0.2) is 33.1 Å². The monoisotopic (exact) mass is 267 g/mol. The van der Waals surface area contributed by atoms with Gasteiger partial charge >= 0.3 is 0 Å². The molecule has 0 aliphatic heterocycles. The highest BCUT2D eigenvalue weighted by Gasteiger charge is 2.21. The first kappa shape index (κ1) is 13.4. The largest absolute Gasteiger partial charge is 0.379 e. The van der Waals surface area contributed by atoms with E-state index in [1.807, 2.05) is 11.9 Å². The molecule has 1 fully saturated rings. The van der Waals surface area contributed by atoms with Gasteiger partial charge in [0.2, 0.25) is 0 Å². The van der Waals surface area contributed by atoms with Gasteiger partial charge in [-0.15, -0.1) is 0 Å². The third-order valence-corrected chi connectivity index (χ3v) is 3.45. The number of aldehydes is 1. The number of benzene rings is 1. The molecular weight excluding hydrogens is 250 g/mol. The van der Waals surface area contributed by atoms with Gasteiger partial charge in [-0.05, 0) is 30.9 Å². The highest BCUT2D eigenvalue weighted by atomic mass is 35.5. The average Bonchev–Trinajstić information content (AvgIpc) is 3.18. The number of carbonyl (C=O) groups excluding carboxylic acids is 1. The second-order valence-corrected chi connectivity index (χ2v) is 5.14. The normalized spacial score (nSPS) is 14.6. The first-order valence-electron chi connectivity index (χ1n) is 6.25. The zero-order valence-electron chi connectivity index (χ0n) is 10.6. The molecule has 98 valence electrons. The van der Waals surface area contributed by atoms with Crippen LogP contribution in [0.3, 0.4) is 0 Å². The van der Waals surface area contributed by atoms with Crippen molar-refractivity contribution in [3.8, 4) is 0 Å². The van der Waals surface area contributed by atoms with Crippen molar-refractivity contribution in [2.45, 2.75) is 12.8 Å². The quantitative estimate of drug-likeness (QED) is 0.562. The van der Waals surface area contributed by atoms with E-state index in [4.69, 9.17) is 16.3 Å². The van der Waals surface area contributed by atoms with Crippen LogP contribution >= 0.6 is 11.6 Å². The van der Waals surface area contributed by atoms with Crippen molar-refractivity contribution in [1.29, 1.82) is 0 Å². The maximum Gasteiger partial charge on any atom is 0.152 e. The van der Waals surface area contributed by atoms with Gasteiger partial charge in [-0.3, -0.25) is 4.79 Å². The van der Waals surface area contributed by atoms with Crippen LogP contribution in [0.2, 0.25) is 5.02 Å². The number of nitrogens with zero attached hydrogens (tertiary/aromatic N) is 1. The number of para-hydroxylation sites is 1. The summed E-state index contributed by atoms with van der Waals surface area (Å²) in [5, 5.41) is 0.601. The summed E-state index contributed by atoms with van der Waals surface area (Å²) in [6, 6.07) is 5.36. The van der Waals surface area contributed by atoms with E-state index in [9.17, 15) is 4.79 Å². The van der Waals surface area contributed by atoms with Crippen molar-refractivity contribution < 1.29 is 9.53 Å². The Hall–Kier alpha value is -1.06. The van der Waals surface area contributed by atoms with Crippen LogP contribution in [0.4, 0.5) is 5.69 Å². The molecule has 1 aromatic carbocycles. The maximum absolute atomic E-state index is 11.0. The number of carbonyl (C=O) groups is 1. The predicted molar refractivity (Wildman–Crippen MR) is 73.7 cm³/mol. The van der Waals surface area contributed by atoms with Crippen molar-refractivity contribution in [2.75, 3.05) is 31.7 Å². The highest BCUT2D eigenvalue weighted by Crippen LogP contribution is 2.29. The summed E-state index contributed by atoms with van der Waals surface area (Å²) < 4.78 is 5.59. The Morgan fingerprint density at radius 1 is 1.50 bits per heavy atom. The molecule has 18 heavy (non-hydrogen) atoms. The fourth-order valence-electron chi connectivity index (χ4n) is 1.88. The SMILES string of the molecule is CN(CCOCC1CC1)c1c(Cl)cccc1C=O. The zero-order valence-corrected chi connectivity index (χ0v) is 11.3. The Kier molecular flexibility index (Phi) is 4.61. The third-order valence-electron chi connectivity index (χ3n) is 3.15. The molecule has 1 aliphatic carbocycles. The van der Waals surface area contributed by atoms with Crippen LogP contribution in [0.1, 0.15) is 23.2 Å². The van der Waals surface area contributed by atoms with Crippen LogP contribution < -0.4 is 4.90 Å². The van der Waals surface area contributed by atoms with E-state index >= 15 is 0 Å². The van der Waals surface area contributed by atoms with Crippen molar-refractivity contribution in [2.24, 2.45) is 5.92 Å². The van der Waals surface area contributed by atoms with E-state index in [2.05, 4.69) is 0 Å². The molecule has 2 rings (SSSR count). The predicted octanol–water partition coefficient (Wildman–Crippen LogP) is 3.02. The van der Waals surface area contributed by atoms with Crippen molar-refractivity contribution >= 4 is 23.6 Å². The number of rotatable bonds is 7. The van der Waals surface area contributed by atoms with E-state index in [0.717, 1.165) is 31.0 Å². The molecule has 1 aliphatic rings. The molecule has 0 unspecified atom stereocenters. The number of ether oxygens (including phenoxy) is 1. The second-order valence-electron chi connectivity index (χ2n) is 4.74. The summed E-state index contributed by atoms with van der Waals surface area (Å²) in [5.74, 6) is 0.779. The Balaban J connectivity index is 1.90. The lowest BCUT2D eigenvalue weighted by Crippen LogP contribution is -2.24. The van der Waals surface area contributed by atoms with Gasteiger partial charge in [0.1, 0.15) is 0 Å². The first-order valence-corrected chi connectivity index (χ1v) is 6.62. The summed E-state index contributed by atoms with van der Waals surface area (Å²) in [4.78, 5) is 13.0. The molecule has 0 radical (unpaired) electrons. The van der Waals surface area contributed by atoms with E-state index in [1.54, 1.807) is 18.2 Å². The number of hydrogen-bond donors (Lipinski definition) is 0. The molecule has 0 atom stereocenters. The summed E-state index contributed by atoms with van der Waals surface area (Å²) in [7, 11) is 1.93. The Labute approximate surface area is 113 Å². The number of likely N-dealkylation sites (N-methyl/N-ethyl adjacent to an activating group) is 1. The maximum atomic E-state index is 11.0. The fourth-order valence-corrected chi connectivity index (χ4v) is 2.20. The van der Waals surface area contributed by atoms with E-state index in [0.29, 0.717) is 17.2 Å². The van der Waals surface area contributed by atoms with Crippen molar-refractivity contribution in [1.82, 2.24) is 0 Å². The summed E-state index contributed by atoms with van der Waals surface area (Å²) in [6.07, 6.45) is 3.44. The molecule has 0 N–H and O–H groups in total.